The van der Waals surface area contributed by atoms with Crippen molar-refractivity contribution >= 4 is 15.9 Å². The normalized spacial score (nSPS) is 10.4. The van der Waals surface area contributed by atoms with Crippen LogP contribution in [0, 0.1) is 5.82 Å². The Hall–Kier alpha value is -1.46. The zero-order valence-electron chi connectivity index (χ0n) is 9.44. The molecule has 0 bridgehead atoms. The molecule has 18 heavy (non-hydrogen) atoms. The maximum Gasteiger partial charge on any atom is 0.251 e. The summed E-state index contributed by atoms with van der Waals surface area (Å²) in [5, 5.41) is 8.94. The zero-order valence-corrected chi connectivity index (χ0v) is 11.0. The Kier molecular flexibility index (Phi) is 4.28. The first-order valence-corrected chi connectivity index (χ1v) is 6.12. The quantitative estimate of drug-likeness (QED) is 0.943. The lowest BCUT2D eigenvalue weighted by Crippen LogP contribution is -2.02. The van der Waals surface area contributed by atoms with E-state index < -0.39 is 5.82 Å². The van der Waals surface area contributed by atoms with Crippen LogP contribution in [0.5, 0.6) is 5.88 Å². The number of nitrogens with zero attached hydrogens (tertiary/aromatic N) is 1. The van der Waals surface area contributed by atoms with Crippen molar-refractivity contribution < 1.29 is 14.2 Å². The van der Waals surface area contributed by atoms with Gasteiger partial charge in [0.05, 0.1) is 6.61 Å². The minimum Gasteiger partial charge on any atom is -0.471 e. The molecule has 0 spiro atoms. The van der Waals surface area contributed by atoms with E-state index in [1.54, 1.807) is 0 Å². The van der Waals surface area contributed by atoms with E-state index in [4.69, 9.17) is 9.84 Å². The minimum absolute atomic E-state index is 0.0997. The van der Waals surface area contributed by atoms with Gasteiger partial charge < -0.3 is 9.84 Å². The first kappa shape index (κ1) is 13.0. The van der Waals surface area contributed by atoms with Gasteiger partial charge in [0, 0.05) is 21.8 Å². The minimum atomic E-state index is -0.618. The van der Waals surface area contributed by atoms with Crippen molar-refractivity contribution in [3.63, 3.8) is 0 Å². The highest BCUT2D eigenvalue weighted by molar-refractivity contribution is 9.10. The number of rotatable bonds is 4. The van der Waals surface area contributed by atoms with Crippen molar-refractivity contribution in [1.29, 1.82) is 0 Å². The third-order valence-corrected chi connectivity index (χ3v) is 3.20. The lowest BCUT2D eigenvalue weighted by Gasteiger charge is -2.09. The molecule has 1 aromatic heterocycles. The molecule has 0 saturated heterocycles. The van der Waals surface area contributed by atoms with Crippen LogP contribution in [0.3, 0.4) is 0 Å². The number of aliphatic hydroxyl groups is 1. The van der Waals surface area contributed by atoms with Crippen molar-refractivity contribution in [1.82, 2.24) is 4.98 Å². The third-order valence-electron chi connectivity index (χ3n) is 2.43. The molecule has 2 rings (SSSR count). The first-order chi connectivity index (χ1) is 8.72. The molecule has 0 unspecified atom stereocenters. The molecule has 1 N–H and O–H groups in total. The summed E-state index contributed by atoms with van der Waals surface area (Å²) < 4.78 is 19.9. The lowest BCUT2D eigenvalue weighted by atomic mass is 10.2. The summed E-state index contributed by atoms with van der Waals surface area (Å²) in [5.41, 5.74) is 1.07. The number of benzene rings is 1. The van der Waals surface area contributed by atoms with Gasteiger partial charge in [-0.15, -0.1) is 0 Å². The van der Waals surface area contributed by atoms with E-state index in [-0.39, 0.29) is 24.7 Å². The number of hydrogen-bond acceptors (Lipinski definition) is 3. The second-order valence-corrected chi connectivity index (χ2v) is 4.48. The molecule has 1 heterocycles. The average Bonchev–Trinajstić information content (AvgIpc) is 2.39. The summed E-state index contributed by atoms with van der Waals surface area (Å²) in [6.45, 7) is -0.167. The van der Waals surface area contributed by atoms with Gasteiger partial charge in [-0.05, 0) is 12.1 Å². The van der Waals surface area contributed by atoms with Gasteiger partial charge in [-0.2, -0.15) is 0 Å². The van der Waals surface area contributed by atoms with Gasteiger partial charge in [0.15, 0.2) is 5.82 Å². The Bertz CT molecular complexity index is 548. The topological polar surface area (TPSA) is 42.4 Å². The molecule has 3 nitrogen and oxygen atoms in total. The summed E-state index contributed by atoms with van der Waals surface area (Å²) in [6.07, 6.45) is 1.41. The predicted octanol–water partition coefficient (Wildman–Crippen LogP) is 3.05. The number of halogens is 2. The molecule has 0 aliphatic rings. The average molecular weight is 312 g/mol. The molecule has 0 radical (unpaired) electrons. The maximum atomic E-state index is 13.7. The van der Waals surface area contributed by atoms with Crippen LogP contribution in [-0.2, 0) is 13.2 Å². The van der Waals surface area contributed by atoms with E-state index in [2.05, 4.69) is 20.9 Å². The Balaban J connectivity index is 2.14. The highest BCUT2D eigenvalue weighted by Crippen LogP contribution is 2.21. The molecule has 0 amide bonds. The number of pyridine rings is 1. The fourth-order valence-electron chi connectivity index (χ4n) is 1.45. The Morgan fingerprint density at radius 2 is 2.00 bits per heavy atom. The summed E-state index contributed by atoms with van der Waals surface area (Å²) in [7, 11) is 0. The molecular formula is C13H11BrFNO2. The predicted molar refractivity (Wildman–Crippen MR) is 68.6 cm³/mol. The van der Waals surface area contributed by atoms with Crippen molar-refractivity contribution in [2.45, 2.75) is 13.2 Å². The molecule has 94 valence electrons. The Labute approximate surface area is 112 Å². The molecule has 0 fully saturated rings. The van der Waals surface area contributed by atoms with Gasteiger partial charge in [0.2, 0.25) is 0 Å². The standard InChI is InChI=1S/C13H11BrFNO2/c14-11-4-2-1-3-10(11)8-18-13-12(15)9(7-17)5-6-16-13/h1-6,17H,7-8H2. The fraction of sp³-hybridized carbons (Fsp3) is 0.154. The number of aliphatic hydroxyl groups excluding tert-OH is 1. The van der Waals surface area contributed by atoms with Crippen molar-refractivity contribution in [3.8, 4) is 5.88 Å². The number of aromatic nitrogens is 1. The van der Waals surface area contributed by atoms with Gasteiger partial charge in [0.1, 0.15) is 6.61 Å². The van der Waals surface area contributed by atoms with E-state index in [1.807, 2.05) is 24.3 Å². The molecule has 5 heteroatoms. The van der Waals surface area contributed by atoms with E-state index >= 15 is 0 Å². The summed E-state index contributed by atoms with van der Waals surface area (Å²) in [4.78, 5) is 3.81. The van der Waals surface area contributed by atoms with Crippen LogP contribution in [0.15, 0.2) is 41.0 Å². The lowest BCUT2D eigenvalue weighted by molar-refractivity contribution is 0.256. The van der Waals surface area contributed by atoms with Crippen LogP contribution in [-0.4, -0.2) is 10.1 Å². The number of hydrogen-bond donors (Lipinski definition) is 1. The molecule has 0 aliphatic heterocycles. The second-order valence-electron chi connectivity index (χ2n) is 3.63. The van der Waals surface area contributed by atoms with Gasteiger partial charge >= 0.3 is 0 Å². The van der Waals surface area contributed by atoms with Crippen LogP contribution >= 0.6 is 15.9 Å². The second kappa shape index (κ2) is 5.93. The van der Waals surface area contributed by atoms with Gasteiger partial charge in [-0.3, -0.25) is 0 Å². The molecule has 0 atom stereocenters. The molecule has 0 aliphatic carbocycles. The molecular weight excluding hydrogens is 301 g/mol. The fourth-order valence-corrected chi connectivity index (χ4v) is 1.85. The highest BCUT2D eigenvalue weighted by Gasteiger charge is 2.10. The van der Waals surface area contributed by atoms with E-state index in [1.165, 1.54) is 12.3 Å². The van der Waals surface area contributed by atoms with Crippen LogP contribution in [0.1, 0.15) is 11.1 Å². The largest absolute Gasteiger partial charge is 0.471 e. The van der Waals surface area contributed by atoms with Crippen LogP contribution < -0.4 is 4.74 Å². The summed E-state index contributed by atoms with van der Waals surface area (Å²) in [6, 6.07) is 8.93. The third kappa shape index (κ3) is 2.86. The maximum absolute atomic E-state index is 13.7. The smallest absolute Gasteiger partial charge is 0.251 e. The van der Waals surface area contributed by atoms with Gasteiger partial charge in [0.25, 0.3) is 5.88 Å². The summed E-state index contributed by atoms with van der Waals surface area (Å²) >= 11 is 3.38. The van der Waals surface area contributed by atoms with Gasteiger partial charge in [-0.25, -0.2) is 9.37 Å². The van der Waals surface area contributed by atoms with Crippen LogP contribution in [0.2, 0.25) is 0 Å². The number of ether oxygens (including phenoxy) is 1. The molecule has 0 saturated carbocycles. The Morgan fingerprint density at radius 3 is 2.72 bits per heavy atom. The SMILES string of the molecule is OCc1ccnc(OCc2ccccc2Br)c1F. The summed E-state index contributed by atoms with van der Waals surface area (Å²) in [5.74, 6) is -0.718. The van der Waals surface area contributed by atoms with E-state index in [0.29, 0.717) is 0 Å². The molecule has 2 aromatic rings. The Morgan fingerprint density at radius 1 is 1.22 bits per heavy atom. The molecule has 1 aromatic carbocycles. The van der Waals surface area contributed by atoms with Crippen molar-refractivity contribution in [2.75, 3.05) is 0 Å². The van der Waals surface area contributed by atoms with Crippen LogP contribution in [0.25, 0.3) is 0 Å². The first-order valence-electron chi connectivity index (χ1n) is 5.33. The van der Waals surface area contributed by atoms with Crippen molar-refractivity contribution in [2.24, 2.45) is 0 Å². The zero-order chi connectivity index (χ0) is 13.0. The van der Waals surface area contributed by atoms with Crippen LogP contribution in [0.4, 0.5) is 4.39 Å². The van der Waals surface area contributed by atoms with Crippen molar-refractivity contribution in [3.05, 3.63) is 57.9 Å². The van der Waals surface area contributed by atoms with E-state index in [9.17, 15) is 4.39 Å². The highest BCUT2D eigenvalue weighted by atomic mass is 79.9. The van der Waals surface area contributed by atoms with E-state index in [0.717, 1.165) is 10.0 Å². The van der Waals surface area contributed by atoms with Gasteiger partial charge in [-0.1, -0.05) is 34.1 Å². The monoisotopic (exact) mass is 311 g/mol.